The van der Waals surface area contributed by atoms with E-state index in [4.69, 9.17) is 25.4 Å². The Morgan fingerprint density at radius 1 is 0.643 bits per heavy atom. The lowest BCUT2D eigenvalue weighted by atomic mass is 9.88. The number of nitrogens with two attached hydrogens (primary N) is 1. The van der Waals surface area contributed by atoms with Gasteiger partial charge in [-0.3, -0.25) is 9.59 Å². The molecule has 2 atom stereocenters. The Labute approximate surface area is 330 Å². The van der Waals surface area contributed by atoms with Gasteiger partial charge in [0, 0.05) is 43.9 Å². The highest BCUT2D eigenvalue weighted by molar-refractivity contribution is 5.95. The van der Waals surface area contributed by atoms with Crippen molar-refractivity contribution in [1.82, 2.24) is 9.80 Å². The highest BCUT2D eigenvalue weighted by atomic mass is 16.5. The molecule has 0 spiro atoms. The maximum atomic E-state index is 12.9. The first-order valence-corrected chi connectivity index (χ1v) is 19.7. The number of hydrogen-bond acceptors (Lipinski definition) is 9. The number of aryl methyl sites for hydroxylation is 1. The first-order valence-electron chi connectivity index (χ1n) is 19.7. The first kappa shape index (κ1) is 42.4. The highest BCUT2D eigenvalue weighted by Gasteiger charge is 2.26. The Morgan fingerprint density at radius 3 is 1.46 bits per heavy atom. The van der Waals surface area contributed by atoms with E-state index in [0.29, 0.717) is 54.1 Å². The number of ether oxygens (including phenoxy) is 2. The number of likely N-dealkylation sites (tertiary alicyclic amines) is 2. The molecule has 2 aliphatic rings. The third-order valence-electron chi connectivity index (χ3n) is 10.5. The van der Waals surface area contributed by atoms with Crippen molar-refractivity contribution in [3.63, 3.8) is 0 Å². The van der Waals surface area contributed by atoms with Gasteiger partial charge in [0.1, 0.15) is 36.9 Å². The molecule has 0 bridgehead atoms. The van der Waals surface area contributed by atoms with Gasteiger partial charge < -0.3 is 45.4 Å². The van der Waals surface area contributed by atoms with Crippen molar-refractivity contribution in [3.05, 3.63) is 130 Å². The van der Waals surface area contributed by atoms with E-state index in [1.54, 1.807) is 48.5 Å². The normalized spacial score (nSPS) is 16.0. The maximum absolute atomic E-state index is 12.9. The van der Waals surface area contributed by atoms with Crippen LogP contribution in [0, 0.1) is 0 Å². The molecule has 6 rings (SSSR count). The summed E-state index contributed by atoms with van der Waals surface area (Å²) in [7, 11) is 0. The largest absolute Gasteiger partial charge is 0.491 e. The summed E-state index contributed by atoms with van der Waals surface area (Å²) in [6, 6.07) is 31.1. The predicted octanol–water partition coefficient (Wildman–Crippen LogP) is 4.90. The number of hydrogen-bond donors (Lipinski definition) is 5. The number of aliphatic hydroxyl groups is 4. The number of piperidine rings is 2. The average Bonchev–Trinajstić information content (AvgIpc) is 3.27. The fraction of sp³-hybridized carbons (Fsp3) is 0.422. The van der Waals surface area contributed by atoms with Crippen molar-refractivity contribution < 1.29 is 39.5 Å². The number of carbonyl (C=O) groups is 2. The lowest BCUT2D eigenvalue weighted by molar-refractivity contribution is 0.0535. The van der Waals surface area contributed by atoms with E-state index in [1.165, 1.54) is 16.7 Å². The van der Waals surface area contributed by atoms with Gasteiger partial charge in [0.15, 0.2) is 0 Å². The Bertz CT molecular complexity index is 1700. The predicted molar refractivity (Wildman–Crippen MR) is 216 cm³/mol. The Morgan fingerprint density at radius 2 is 1.05 bits per heavy atom. The van der Waals surface area contributed by atoms with Crippen LogP contribution >= 0.6 is 0 Å². The SMILES string of the molecule is CCc1cccc(C2CCN(C(=O)c3cccc(OCC(O)CO)c3)CC2)c1.NCc1cccc(C2CCN(C(=O)c3cccc(OCC(O)CO)c3)CC2)c1. The van der Waals surface area contributed by atoms with Crippen molar-refractivity contribution in [2.24, 2.45) is 5.73 Å². The zero-order valence-electron chi connectivity index (χ0n) is 32.3. The van der Waals surface area contributed by atoms with Gasteiger partial charge in [-0.05, 0) is 103 Å². The quantitative estimate of drug-likeness (QED) is 0.120. The van der Waals surface area contributed by atoms with Crippen LogP contribution in [-0.2, 0) is 13.0 Å². The van der Waals surface area contributed by atoms with Crippen LogP contribution in [0.4, 0.5) is 0 Å². The molecule has 11 heteroatoms. The van der Waals surface area contributed by atoms with Crippen LogP contribution < -0.4 is 15.2 Å². The second kappa shape index (κ2) is 21.5. The van der Waals surface area contributed by atoms with Crippen LogP contribution in [0.5, 0.6) is 11.5 Å². The summed E-state index contributed by atoms with van der Waals surface area (Å²) in [6.45, 7) is 4.90. The minimum atomic E-state index is -0.934. The third kappa shape index (κ3) is 12.1. The fourth-order valence-electron chi connectivity index (χ4n) is 7.17. The van der Waals surface area contributed by atoms with Crippen molar-refractivity contribution in [1.29, 1.82) is 0 Å². The minimum Gasteiger partial charge on any atom is -0.491 e. The van der Waals surface area contributed by atoms with Crippen molar-refractivity contribution in [2.45, 2.75) is 69.6 Å². The van der Waals surface area contributed by atoms with Gasteiger partial charge in [-0.15, -0.1) is 0 Å². The fourth-order valence-corrected chi connectivity index (χ4v) is 7.17. The van der Waals surface area contributed by atoms with E-state index in [1.807, 2.05) is 21.9 Å². The van der Waals surface area contributed by atoms with E-state index in [0.717, 1.165) is 50.8 Å². The number of nitrogens with zero attached hydrogens (tertiary/aromatic N) is 2. The molecule has 11 nitrogen and oxygen atoms in total. The number of carbonyl (C=O) groups excluding carboxylic acids is 2. The molecule has 2 unspecified atom stereocenters. The molecule has 2 aliphatic heterocycles. The molecule has 0 radical (unpaired) electrons. The monoisotopic (exact) mass is 767 g/mol. The van der Waals surface area contributed by atoms with Crippen molar-refractivity contribution in [3.8, 4) is 11.5 Å². The zero-order valence-corrected chi connectivity index (χ0v) is 32.3. The molecule has 2 heterocycles. The van der Waals surface area contributed by atoms with Gasteiger partial charge in [-0.2, -0.15) is 0 Å². The maximum Gasteiger partial charge on any atom is 0.253 e. The van der Waals surface area contributed by atoms with Gasteiger partial charge in [0.25, 0.3) is 11.8 Å². The smallest absolute Gasteiger partial charge is 0.253 e. The van der Waals surface area contributed by atoms with Crippen LogP contribution in [0.2, 0.25) is 0 Å². The summed E-state index contributed by atoms with van der Waals surface area (Å²) < 4.78 is 10.9. The molecule has 2 amide bonds. The standard InChI is InChI=1S/C23H29NO4.C22H28N2O4/c1-2-17-5-3-6-19(13-17)18-9-11-24(12-10-18)23(27)20-7-4-8-22(14-20)28-16-21(26)15-25;23-13-16-3-1-4-18(11-16)17-7-9-24(10-8-17)22(27)19-5-2-6-21(12-19)28-15-20(26)14-25/h3-8,13-14,18,21,25-26H,2,9-12,15-16H2,1H3;1-6,11-12,17,20,25-26H,7-10,13-15,23H2. The Kier molecular flexibility index (Phi) is 16.3. The molecule has 0 aromatic heterocycles. The first-order chi connectivity index (χ1) is 27.2. The molecule has 2 saturated heterocycles. The van der Waals surface area contributed by atoms with Crippen LogP contribution in [0.25, 0.3) is 0 Å². The summed E-state index contributed by atoms with van der Waals surface area (Å²) >= 11 is 0. The highest BCUT2D eigenvalue weighted by Crippen LogP contribution is 2.31. The van der Waals surface area contributed by atoms with E-state index < -0.39 is 12.2 Å². The Hall–Kier alpha value is -4.78. The summed E-state index contributed by atoms with van der Waals surface area (Å²) in [5, 5.41) is 36.5. The molecule has 300 valence electrons. The van der Waals surface area contributed by atoms with Gasteiger partial charge in [-0.1, -0.05) is 67.6 Å². The number of rotatable bonds is 14. The third-order valence-corrected chi connectivity index (χ3v) is 10.5. The average molecular weight is 768 g/mol. The topological polar surface area (TPSA) is 166 Å². The second-order valence-corrected chi connectivity index (χ2v) is 14.5. The lowest BCUT2D eigenvalue weighted by Crippen LogP contribution is -2.37. The molecular weight excluding hydrogens is 711 g/mol. The summed E-state index contributed by atoms with van der Waals surface area (Å²) in [5.41, 5.74) is 12.1. The number of aliphatic hydroxyl groups excluding tert-OH is 4. The van der Waals surface area contributed by atoms with Crippen LogP contribution in [0.1, 0.15) is 87.4 Å². The van der Waals surface area contributed by atoms with E-state index >= 15 is 0 Å². The van der Waals surface area contributed by atoms with Crippen molar-refractivity contribution >= 4 is 11.8 Å². The molecule has 4 aromatic carbocycles. The lowest BCUT2D eigenvalue weighted by Gasteiger charge is -2.32. The zero-order chi connectivity index (χ0) is 39.9. The van der Waals surface area contributed by atoms with E-state index in [2.05, 4.69) is 43.3 Å². The van der Waals surface area contributed by atoms with Crippen LogP contribution in [0.15, 0.2) is 97.1 Å². The van der Waals surface area contributed by atoms with Crippen LogP contribution in [0.3, 0.4) is 0 Å². The molecule has 6 N–H and O–H groups in total. The number of benzene rings is 4. The van der Waals surface area contributed by atoms with Crippen LogP contribution in [-0.4, -0.2) is 107 Å². The molecule has 0 aliphatic carbocycles. The number of amides is 2. The molecule has 0 saturated carbocycles. The van der Waals surface area contributed by atoms with Gasteiger partial charge >= 0.3 is 0 Å². The van der Waals surface area contributed by atoms with E-state index in [-0.39, 0.29) is 38.2 Å². The molecule has 56 heavy (non-hydrogen) atoms. The van der Waals surface area contributed by atoms with Gasteiger partial charge in [-0.25, -0.2) is 0 Å². The Balaban J connectivity index is 0.000000214. The van der Waals surface area contributed by atoms with E-state index in [9.17, 15) is 19.8 Å². The molecule has 4 aromatic rings. The molecule has 2 fully saturated rings. The van der Waals surface area contributed by atoms with Gasteiger partial charge in [0.2, 0.25) is 0 Å². The van der Waals surface area contributed by atoms with Gasteiger partial charge in [0.05, 0.1) is 13.2 Å². The summed E-state index contributed by atoms with van der Waals surface area (Å²) in [4.78, 5) is 29.5. The summed E-state index contributed by atoms with van der Waals surface area (Å²) in [6.07, 6.45) is 2.98. The summed E-state index contributed by atoms with van der Waals surface area (Å²) in [5.74, 6) is 1.98. The van der Waals surface area contributed by atoms with Crippen molar-refractivity contribution in [2.75, 3.05) is 52.6 Å². The minimum absolute atomic E-state index is 0.00361. The molecular formula is C45H57N3O8. The second-order valence-electron chi connectivity index (χ2n) is 14.5.